The number of hydrogen-bond acceptors (Lipinski definition) is 5. The van der Waals surface area contributed by atoms with E-state index in [4.69, 9.17) is 5.84 Å². The molecule has 3 fully saturated rings. The number of hydrazine groups is 1. The third-order valence-corrected chi connectivity index (χ3v) is 6.71. The van der Waals surface area contributed by atoms with E-state index in [2.05, 4.69) is 15.1 Å². The highest BCUT2D eigenvalue weighted by molar-refractivity contribution is 7.89. The molecular weight excluding hydrogens is 276 g/mol. The Bertz CT molecular complexity index is 632. The maximum Gasteiger partial charge on any atom is 0.244 e. The molecule has 3 aliphatic rings. The van der Waals surface area contributed by atoms with Gasteiger partial charge in [0.15, 0.2) is 5.82 Å². The van der Waals surface area contributed by atoms with Gasteiger partial charge in [0.25, 0.3) is 0 Å². The fourth-order valence-electron chi connectivity index (χ4n) is 4.44. The van der Waals surface area contributed by atoms with Crippen LogP contribution in [-0.4, -0.2) is 19.4 Å². The van der Waals surface area contributed by atoms with E-state index in [1.54, 1.807) is 6.07 Å². The Morgan fingerprint density at radius 2 is 1.95 bits per heavy atom. The molecule has 0 aliphatic heterocycles. The topological polar surface area (TPSA) is 97.1 Å². The fourth-order valence-corrected chi connectivity index (χ4v) is 5.86. The number of nitrogens with two attached hydrogens (primary N) is 1. The van der Waals surface area contributed by atoms with Crippen LogP contribution in [0.4, 0.5) is 5.82 Å². The number of sulfonamides is 1. The zero-order valence-electron chi connectivity index (χ0n) is 11.0. The molecule has 7 heteroatoms. The Hall–Kier alpha value is -1.18. The number of anilines is 1. The zero-order chi connectivity index (χ0) is 13.9. The molecular formula is C13H18N4O2S. The molecule has 6 nitrogen and oxygen atoms in total. The Labute approximate surface area is 118 Å². The molecule has 4 unspecified atom stereocenters. The largest absolute Gasteiger partial charge is 0.307 e. The number of hydrogen-bond donors (Lipinski definition) is 3. The maximum absolute atomic E-state index is 12.5. The molecule has 4 N–H and O–H groups in total. The monoisotopic (exact) mass is 294 g/mol. The molecule has 0 amide bonds. The second-order valence-electron chi connectivity index (χ2n) is 6.13. The van der Waals surface area contributed by atoms with Crippen LogP contribution in [0.15, 0.2) is 23.2 Å². The van der Waals surface area contributed by atoms with Crippen molar-refractivity contribution in [2.75, 3.05) is 5.43 Å². The summed E-state index contributed by atoms with van der Waals surface area (Å²) in [5, 5.41) is 0. The quantitative estimate of drug-likeness (QED) is 0.561. The number of nitrogens with one attached hydrogen (secondary N) is 2. The molecule has 20 heavy (non-hydrogen) atoms. The molecule has 4 atom stereocenters. The SMILES string of the molecule is NNc1ncccc1S(=O)(=O)NC1C2C3CCC(C3)C12. The maximum atomic E-state index is 12.5. The van der Waals surface area contributed by atoms with Gasteiger partial charge in [-0.1, -0.05) is 0 Å². The molecule has 4 rings (SSSR count). The van der Waals surface area contributed by atoms with Gasteiger partial charge in [0.05, 0.1) is 0 Å². The van der Waals surface area contributed by atoms with Crippen molar-refractivity contribution in [3.05, 3.63) is 18.3 Å². The van der Waals surface area contributed by atoms with Crippen molar-refractivity contribution in [3.63, 3.8) is 0 Å². The van der Waals surface area contributed by atoms with E-state index in [9.17, 15) is 8.42 Å². The molecule has 0 saturated heterocycles. The summed E-state index contributed by atoms with van der Waals surface area (Å²) in [5.41, 5.74) is 2.35. The van der Waals surface area contributed by atoms with Gasteiger partial charge in [0.2, 0.25) is 10.0 Å². The fraction of sp³-hybridized carbons (Fsp3) is 0.615. The number of rotatable bonds is 4. The van der Waals surface area contributed by atoms with E-state index in [1.807, 2.05) is 0 Å². The summed E-state index contributed by atoms with van der Waals surface area (Å²) < 4.78 is 27.8. The Kier molecular flexibility index (Phi) is 2.61. The molecule has 2 bridgehead atoms. The van der Waals surface area contributed by atoms with Crippen LogP contribution in [0.5, 0.6) is 0 Å². The number of nitrogens with zero attached hydrogens (tertiary/aromatic N) is 1. The van der Waals surface area contributed by atoms with Crippen LogP contribution in [0.1, 0.15) is 19.3 Å². The molecule has 3 saturated carbocycles. The predicted molar refractivity (Wildman–Crippen MR) is 74.0 cm³/mol. The summed E-state index contributed by atoms with van der Waals surface area (Å²) in [5.74, 6) is 8.12. The van der Waals surface area contributed by atoms with Gasteiger partial charge in [-0.15, -0.1) is 0 Å². The summed E-state index contributed by atoms with van der Waals surface area (Å²) in [4.78, 5) is 4.08. The average molecular weight is 294 g/mol. The summed E-state index contributed by atoms with van der Waals surface area (Å²) >= 11 is 0. The first-order valence-electron chi connectivity index (χ1n) is 7.06. The molecule has 0 radical (unpaired) electrons. The lowest BCUT2D eigenvalue weighted by molar-refractivity contribution is 0.456. The van der Waals surface area contributed by atoms with E-state index in [0.29, 0.717) is 11.8 Å². The van der Waals surface area contributed by atoms with Gasteiger partial charge in [0.1, 0.15) is 4.90 Å². The van der Waals surface area contributed by atoms with Crippen LogP contribution < -0.4 is 16.0 Å². The number of fused-ring (bicyclic) bond motifs is 5. The average Bonchev–Trinajstić information content (AvgIpc) is 2.85. The van der Waals surface area contributed by atoms with Gasteiger partial charge >= 0.3 is 0 Å². The minimum atomic E-state index is -3.56. The van der Waals surface area contributed by atoms with Crippen LogP contribution in [0.2, 0.25) is 0 Å². The van der Waals surface area contributed by atoms with E-state index < -0.39 is 10.0 Å². The molecule has 0 spiro atoms. The van der Waals surface area contributed by atoms with Gasteiger partial charge in [0, 0.05) is 12.2 Å². The lowest BCUT2D eigenvalue weighted by Gasteiger charge is -2.13. The van der Waals surface area contributed by atoms with Crippen molar-refractivity contribution in [2.45, 2.75) is 30.2 Å². The summed E-state index contributed by atoms with van der Waals surface area (Å²) in [6, 6.07) is 3.25. The Morgan fingerprint density at radius 1 is 1.25 bits per heavy atom. The van der Waals surface area contributed by atoms with Crippen LogP contribution >= 0.6 is 0 Å². The zero-order valence-corrected chi connectivity index (χ0v) is 11.8. The normalized spacial score (nSPS) is 37.8. The van der Waals surface area contributed by atoms with Crippen molar-refractivity contribution in [2.24, 2.45) is 29.5 Å². The number of pyridine rings is 1. The molecule has 1 heterocycles. The van der Waals surface area contributed by atoms with Crippen LogP contribution in [0.3, 0.4) is 0 Å². The van der Waals surface area contributed by atoms with E-state index in [1.165, 1.54) is 31.5 Å². The smallest absolute Gasteiger partial charge is 0.244 e. The van der Waals surface area contributed by atoms with Crippen molar-refractivity contribution >= 4 is 15.8 Å². The third kappa shape index (κ3) is 1.70. The van der Waals surface area contributed by atoms with E-state index in [0.717, 1.165) is 11.8 Å². The molecule has 1 aromatic rings. The van der Waals surface area contributed by atoms with Crippen LogP contribution in [-0.2, 0) is 10.0 Å². The van der Waals surface area contributed by atoms with Gasteiger partial charge in [-0.3, -0.25) is 0 Å². The summed E-state index contributed by atoms with van der Waals surface area (Å²) in [6.07, 6.45) is 5.36. The van der Waals surface area contributed by atoms with Crippen molar-refractivity contribution in [3.8, 4) is 0 Å². The third-order valence-electron chi connectivity index (χ3n) is 5.22. The first-order chi connectivity index (χ1) is 9.62. The highest BCUT2D eigenvalue weighted by Gasteiger charge is 2.65. The number of aromatic nitrogens is 1. The number of nitrogen functional groups attached to an aromatic ring is 1. The van der Waals surface area contributed by atoms with Crippen molar-refractivity contribution in [1.82, 2.24) is 9.71 Å². The Morgan fingerprint density at radius 3 is 2.60 bits per heavy atom. The van der Waals surface area contributed by atoms with Gasteiger partial charge < -0.3 is 5.43 Å². The lowest BCUT2D eigenvalue weighted by Crippen LogP contribution is -2.31. The summed E-state index contributed by atoms with van der Waals surface area (Å²) in [6.45, 7) is 0. The highest BCUT2D eigenvalue weighted by atomic mass is 32.2. The highest BCUT2D eigenvalue weighted by Crippen LogP contribution is 2.65. The van der Waals surface area contributed by atoms with Crippen LogP contribution in [0.25, 0.3) is 0 Å². The minimum Gasteiger partial charge on any atom is -0.307 e. The first kappa shape index (κ1) is 12.6. The molecule has 1 aromatic heterocycles. The second-order valence-corrected chi connectivity index (χ2v) is 7.81. The summed E-state index contributed by atoms with van der Waals surface area (Å²) in [7, 11) is -3.56. The predicted octanol–water partition coefficient (Wildman–Crippen LogP) is 0.690. The molecule has 3 aliphatic carbocycles. The Balaban J connectivity index is 1.57. The van der Waals surface area contributed by atoms with Gasteiger partial charge in [-0.2, -0.15) is 0 Å². The van der Waals surface area contributed by atoms with E-state index in [-0.39, 0.29) is 16.8 Å². The van der Waals surface area contributed by atoms with Gasteiger partial charge in [-0.25, -0.2) is 24.0 Å². The second kappa shape index (κ2) is 4.16. The van der Waals surface area contributed by atoms with Crippen molar-refractivity contribution in [1.29, 1.82) is 0 Å². The van der Waals surface area contributed by atoms with E-state index >= 15 is 0 Å². The lowest BCUT2D eigenvalue weighted by atomic mass is 10.0. The molecule has 0 aromatic carbocycles. The molecule has 108 valence electrons. The standard InChI is InChI=1S/C13H18N4O2S/c14-16-13-9(2-1-5-15-13)20(18,19)17-12-10-7-3-4-8(6-7)11(10)12/h1-2,5,7-8,10-12,17H,3-4,6,14H2,(H,15,16). The minimum absolute atomic E-state index is 0.122. The first-order valence-corrected chi connectivity index (χ1v) is 8.54. The van der Waals surface area contributed by atoms with Gasteiger partial charge in [-0.05, 0) is 55.1 Å². The van der Waals surface area contributed by atoms with Crippen molar-refractivity contribution < 1.29 is 8.42 Å². The van der Waals surface area contributed by atoms with Crippen LogP contribution in [0, 0.1) is 23.7 Å².